The van der Waals surface area contributed by atoms with Crippen LogP contribution in [0.3, 0.4) is 0 Å². The van der Waals surface area contributed by atoms with Crippen LogP contribution in [0.15, 0.2) is 0 Å². The Morgan fingerprint density at radius 2 is 1.23 bits per heavy atom. The summed E-state index contributed by atoms with van der Waals surface area (Å²) in [5.74, 6) is 0. The fraction of sp³-hybridized carbons (Fsp3) is 1.00. The van der Waals surface area contributed by atoms with Gasteiger partial charge in [-0.3, -0.25) is 0 Å². The van der Waals surface area contributed by atoms with Gasteiger partial charge in [0.1, 0.15) is 0 Å². The van der Waals surface area contributed by atoms with Crippen molar-refractivity contribution in [2.75, 3.05) is 6.79 Å². The van der Waals surface area contributed by atoms with Crippen LogP contribution in [0.5, 0.6) is 0 Å². The monoisotopic (exact) mass is 203 g/mol. The summed E-state index contributed by atoms with van der Waals surface area (Å²) in [5, 5.41) is 10.7. The zero-order valence-corrected chi connectivity index (χ0v) is 10.8. The van der Waals surface area contributed by atoms with Crippen LogP contribution >= 0.6 is 0 Å². The number of hydrogen-bond acceptors (Lipinski definition) is 1. The second kappa shape index (κ2) is 5.13. The highest BCUT2D eigenvalue weighted by Gasteiger charge is 2.44. The van der Waals surface area contributed by atoms with Crippen LogP contribution in [-0.2, 0) is 9.53 Å². The van der Waals surface area contributed by atoms with Gasteiger partial charge in [0.2, 0.25) is 8.32 Å². The zero-order valence-electron chi connectivity index (χ0n) is 9.76. The molecular weight excluding hydrogens is 180 g/mol. The molecule has 0 unspecified atom stereocenters. The molecule has 79 valence electrons. The first kappa shape index (κ1) is 13.1. The third-order valence-electron chi connectivity index (χ3n) is 3.02. The first-order valence-corrected chi connectivity index (χ1v) is 7.25. The van der Waals surface area contributed by atoms with Gasteiger partial charge in [0, 0.05) is 0 Å². The topological polar surface area (TPSA) is 29.1 Å². The molecule has 0 aromatic carbocycles. The lowest BCUT2D eigenvalue weighted by Gasteiger charge is -2.41. The SMILES string of the molecule is CC(C)[Si](OC[O])(C(C)C)C(C)C. The van der Waals surface area contributed by atoms with Gasteiger partial charge in [-0.25, -0.2) is 5.11 Å². The van der Waals surface area contributed by atoms with Crippen LogP contribution in [0.1, 0.15) is 41.5 Å². The molecule has 0 saturated carbocycles. The summed E-state index contributed by atoms with van der Waals surface area (Å²) in [7, 11) is -1.84. The average Bonchev–Trinajstić information content (AvgIpc) is 1.97. The second-order valence-electron chi connectivity index (χ2n) is 4.58. The van der Waals surface area contributed by atoms with Crippen molar-refractivity contribution in [2.24, 2.45) is 0 Å². The summed E-state index contributed by atoms with van der Waals surface area (Å²) in [4.78, 5) is 0. The average molecular weight is 203 g/mol. The van der Waals surface area contributed by atoms with Crippen molar-refractivity contribution in [1.82, 2.24) is 0 Å². The largest absolute Gasteiger partial charge is 0.392 e. The van der Waals surface area contributed by atoms with Gasteiger partial charge in [-0.1, -0.05) is 41.5 Å². The molecule has 0 bridgehead atoms. The molecule has 0 rings (SSSR count). The van der Waals surface area contributed by atoms with E-state index in [9.17, 15) is 5.11 Å². The van der Waals surface area contributed by atoms with E-state index < -0.39 is 8.32 Å². The van der Waals surface area contributed by atoms with E-state index in [-0.39, 0.29) is 6.79 Å². The van der Waals surface area contributed by atoms with Gasteiger partial charge < -0.3 is 4.43 Å². The highest BCUT2D eigenvalue weighted by molar-refractivity contribution is 6.77. The van der Waals surface area contributed by atoms with Gasteiger partial charge in [-0.15, -0.1) is 0 Å². The van der Waals surface area contributed by atoms with Crippen LogP contribution in [0, 0.1) is 0 Å². The van der Waals surface area contributed by atoms with Crippen molar-refractivity contribution >= 4 is 8.32 Å². The summed E-state index contributed by atoms with van der Waals surface area (Å²) in [6, 6.07) is 0. The molecule has 0 fully saturated rings. The van der Waals surface area contributed by atoms with E-state index in [0.717, 1.165) is 0 Å². The van der Waals surface area contributed by atoms with Gasteiger partial charge in [0.15, 0.2) is 6.79 Å². The van der Waals surface area contributed by atoms with Crippen LogP contribution < -0.4 is 0 Å². The molecular formula is C10H23O2Si. The fourth-order valence-electron chi connectivity index (χ4n) is 2.60. The van der Waals surface area contributed by atoms with Crippen LogP contribution in [0.25, 0.3) is 0 Å². The van der Waals surface area contributed by atoms with Gasteiger partial charge >= 0.3 is 0 Å². The Morgan fingerprint density at radius 3 is 1.31 bits per heavy atom. The number of hydrogen-bond donors (Lipinski definition) is 0. The quantitative estimate of drug-likeness (QED) is 0.496. The Labute approximate surface area is 83.4 Å². The molecule has 0 aromatic heterocycles. The molecule has 0 N–H and O–H groups in total. The summed E-state index contributed by atoms with van der Waals surface area (Å²) in [5.41, 5.74) is 1.55. The Balaban J connectivity index is 4.82. The van der Waals surface area contributed by atoms with Crippen LogP contribution in [-0.4, -0.2) is 15.1 Å². The molecule has 0 spiro atoms. The zero-order chi connectivity index (χ0) is 10.6. The van der Waals surface area contributed by atoms with Crippen molar-refractivity contribution in [2.45, 2.75) is 58.2 Å². The van der Waals surface area contributed by atoms with E-state index in [1.54, 1.807) is 0 Å². The lowest BCUT2D eigenvalue weighted by Crippen LogP contribution is -2.47. The third-order valence-corrected chi connectivity index (χ3v) is 9.05. The van der Waals surface area contributed by atoms with E-state index in [2.05, 4.69) is 41.5 Å². The summed E-state index contributed by atoms with van der Waals surface area (Å²) < 4.78 is 5.60. The smallest absolute Gasteiger partial charge is 0.203 e. The minimum absolute atomic E-state index is 0.374. The standard InChI is InChI=1S/C10H23O2Si/c1-8(2)13(9(3)4,10(5)6)12-7-11/h8-10H,7H2,1-6H3. The predicted molar refractivity (Wildman–Crippen MR) is 57.7 cm³/mol. The van der Waals surface area contributed by atoms with Gasteiger partial charge in [0.25, 0.3) is 0 Å². The van der Waals surface area contributed by atoms with Gasteiger partial charge in [0.05, 0.1) is 0 Å². The van der Waals surface area contributed by atoms with Crippen molar-refractivity contribution in [3.8, 4) is 0 Å². The lowest BCUT2D eigenvalue weighted by molar-refractivity contribution is 0.0243. The van der Waals surface area contributed by atoms with Crippen molar-refractivity contribution < 1.29 is 9.53 Å². The molecule has 0 atom stereocenters. The molecule has 3 heteroatoms. The number of rotatable bonds is 5. The van der Waals surface area contributed by atoms with Gasteiger partial charge in [-0.05, 0) is 16.6 Å². The van der Waals surface area contributed by atoms with Crippen molar-refractivity contribution in [3.05, 3.63) is 0 Å². The van der Waals surface area contributed by atoms with Crippen LogP contribution in [0.2, 0.25) is 16.6 Å². The Kier molecular flexibility index (Phi) is 5.18. The Hall–Kier alpha value is 0.137. The van der Waals surface area contributed by atoms with Gasteiger partial charge in [-0.2, -0.15) is 0 Å². The molecule has 13 heavy (non-hydrogen) atoms. The molecule has 0 aliphatic heterocycles. The summed E-state index contributed by atoms with van der Waals surface area (Å²) >= 11 is 0. The normalized spacial score (nSPS) is 13.4. The maximum Gasteiger partial charge on any atom is 0.203 e. The first-order valence-electron chi connectivity index (χ1n) is 5.11. The molecule has 1 radical (unpaired) electrons. The molecule has 2 nitrogen and oxygen atoms in total. The lowest BCUT2D eigenvalue weighted by atomic mass is 10.5. The third kappa shape index (κ3) is 2.54. The molecule has 0 saturated heterocycles. The maximum atomic E-state index is 10.7. The van der Waals surface area contributed by atoms with Crippen molar-refractivity contribution in [1.29, 1.82) is 0 Å². The van der Waals surface area contributed by atoms with E-state index >= 15 is 0 Å². The Morgan fingerprint density at radius 1 is 0.923 bits per heavy atom. The summed E-state index contributed by atoms with van der Waals surface area (Å²) in [6.07, 6.45) is 0. The highest BCUT2D eigenvalue weighted by atomic mass is 28.4. The second-order valence-corrected chi connectivity index (χ2v) is 10.0. The first-order chi connectivity index (χ1) is 5.89. The van der Waals surface area contributed by atoms with E-state index in [1.807, 2.05) is 0 Å². The maximum absolute atomic E-state index is 10.7. The molecule has 0 aromatic rings. The molecule has 0 amide bonds. The minimum atomic E-state index is -1.84. The minimum Gasteiger partial charge on any atom is -0.392 e. The molecule has 0 heterocycles. The Bertz CT molecular complexity index is 122. The van der Waals surface area contributed by atoms with Crippen LogP contribution in [0.4, 0.5) is 0 Å². The van der Waals surface area contributed by atoms with E-state index in [1.165, 1.54) is 0 Å². The van der Waals surface area contributed by atoms with E-state index in [0.29, 0.717) is 16.6 Å². The van der Waals surface area contributed by atoms with E-state index in [4.69, 9.17) is 4.43 Å². The predicted octanol–water partition coefficient (Wildman–Crippen LogP) is 3.57. The molecule has 0 aliphatic carbocycles. The molecule has 0 aliphatic rings. The highest BCUT2D eigenvalue weighted by Crippen LogP contribution is 2.41. The van der Waals surface area contributed by atoms with Crippen molar-refractivity contribution in [3.63, 3.8) is 0 Å². The fourth-order valence-corrected chi connectivity index (χ4v) is 7.81. The summed E-state index contributed by atoms with van der Waals surface area (Å²) in [6.45, 7) is 12.7.